The number of aryl methyl sites for hydroxylation is 1. The lowest BCUT2D eigenvalue weighted by Crippen LogP contribution is -2.49. The average molecular weight is 444 g/mol. The molecule has 1 saturated heterocycles. The summed E-state index contributed by atoms with van der Waals surface area (Å²) in [6.07, 6.45) is -4.47. The number of ether oxygens (including phenoxy) is 2. The van der Waals surface area contributed by atoms with Crippen LogP contribution in [0.4, 0.5) is 23.7 Å². The number of alkyl halides is 3. The van der Waals surface area contributed by atoms with Gasteiger partial charge in [0.05, 0.1) is 17.8 Å². The molecule has 0 saturated carbocycles. The minimum absolute atomic E-state index is 0.0870. The maximum atomic E-state index is 12.6. The summed E-state index contributed by atoms with van der Waals surface area (Å²) in [4.78, 5) is 20.9. The number of aromatic nitrogens is 1. The van der Waals surface area contributed by atoms with Gasteiger partial charge in [-0.2, -0.15) is 13.2 Å². The number of thiazole rings is 1. The summed E-state index contributed by atoms with van der Waals surface area (Å²) in [5.74, 6) is 0.0686. The number of rotatable bonds is 6. The van der Waals surface area contributed by atoms with Crippen LogP contribution >= 0.6 is 11.3 Å². The molecule has 0 unspecified atom stereocenters. The number of anilines is 1. The van der Waals surface area contributed by atoms with Crippen molar-refractivity contribution in [3.05, 3.63) is 34.3 Å². The SMILES string of the molecule is COc1ccc(NC(=O)N2CCN(Cc3csc(C)n3)CC2)cc1OCC(F)(F)F. The zero-order chi connectivity index (χ0) is 21.7. The summed E-state index contributed by atoms with van der Waals surface area (Å²) in [6.45, 7) is 3.79. The maximum Gasteiger partial charge on any atom is 0.422 e. The first kappa shape index (κ1) is 22.2. The van der Waals surface area contributed by atoms with E-state index in [1.807, 2.05) is 12.3 Å². The van der Waals surface area contributed by atoms with Crippen LogP contribution in [0.3, 0.4) is 0 Å². The number of urea groups is 1. The highest BCUT2D eigenvalue weighted by atomic mass is 32.1. The molecule has 0 atom stereocenters. The maximum absolute atomic E-state index is 12.6. The number of carbonyl (C=O) groups excluding carboxylic acids is 1. The molecule has 1 N–H and O–H groups in total. The Kier molecular flexibility index (Phi) is 7.03. The van der Waals surface area contributed by atoms with Gasteiger partial charge in [0, 0.05) is 49.9 Å². The van der Waals surface area contributed by atoms with E-state index in [1.54, 1.807) is 22.3 Å². The first-order chi connectivity index (χ1) is 14.2. The number of halogens is 3. The Morgan fingerprint density at radius 1 is 1.23 bits per heavy atom. The van der Waals surface area contributed by atoms with E-state index in [4.69, 9.17) is 9.47 Å². The second-order valence-electron chi connectivity index (χ2n) is 6.82. The van der Waals surface area contributed by atoms with Gasteiger partial charge in [-0.05, 0) is 19.1 Å². The van der Waals surface area contributed by atoms with Gasteiger partial charge < -0.3 is 19.7 Å². The molecule has 7 nitrogen and oxygen atoms in total. The molecular weight excluding hydrogens is 421 g/mol. The molecule has 1 aromatic heterocycles. The van der Waals surface area contributed by atoms with Crippen LogP contribution in [-0.4, -0.2) is 66.9 Å². The van der Waals surface area contributed by atoms with Crippen LogP contribution in [0, 0.1) is 6.92 Å². The summed E-state index contributed by atoms with van der Waals surface area (Å²) in [7, 11) is 1.33. The number of nitrogens with one attached hydrogen (secondary N) is 1. The largest absolute Gasteiger partial charge is 0.493 e. The van der Waals surface area contributed by atoms with Crippen molar-refractivity contribution in [1.29, 1.82) is 0 Å². The summed E-state index contributed by atoms with van der Waals surface area (Å²) < 4.78 is 47.2. The molecule has 2 amide bonds. The fourth-order valence-corrected chi connectivity index (χ4v) is 3.65. The molecule has 1 aliphatic rings. The third-order valence-electron chi connectivity index (χ3n) is 4.52. The van der Waals surface area contributed by atoms with E-state index in [2.05, 4.69) is 15.2 Å². The van der Waals surface area contributed by atoms with Gasteiger partial charge in [0.25, 0.3) is 0 Å². The predicted molar refractivity (Wildman–Crippen MR) is 107 cm³/mol. The lowest BCUT2D eigenvalue weighted by atomic mass is 10.2. The molecule has 1 aliphatic heterocycles. The molecule has 0 aliphatic carbocycles. The van der Waals surface area contributed by atoms with Gasteiger partial charge in [-0.25, -0.2) is 9.78 Å². The monoisotopic (exact) mass is 444 g/mol. The van der Waals surface area contributed by atoms with Gasteiger partial charge in [0.2, 0.25) is 0 Å². The normalized spacial score (nSPS) is 15.2. The number of nitrogens with zero attached hydrogens (tertiary/aromatic N) is 3. The van der Waals surface area contributed by atoms with Crippen molar-refractivity contribution in [1.82, 2.24) is 14.8 Å². The Labute approximate surface area is 176 Å². The molecule has 1 aromatic carbocycles. The Bertz CT molecular complexity index is 867. The quantitative estimate of drug-likeness (QED) is 0.735. The standard InChI is InChI=1S/C19H23F3N4O3S/c1-13-23-15(11-30-13)10-25-5-7-26(8-6-25)18(27)24-14-3-4-16(28-2)17(9-14)29-12-19(20,21)22/h3-4,9,11H,5-8,10,12H2,1-2H3,(H,24,27). The van der Waals surface area contributed by atoms with Crippen molar-refractivity contribution in [2.45, 2.75) is 19.6 Å². The zero-order valence-electron chi connectivity index (χ0n) is 16.7. The highest BCUT2D eigenvalue weighted by Crippen LogP contribution is 2.31. The van der Waals surface area contributed by atoms with E-state index in [-0.39, 0.29) is 17.5 Å². The van der Waals surface area contributed by atoms with Gasteiger partial charge in [-0.3, -0.25) is 4.90 Å². The summed E-state index contributed by atoms with van der Waals surface area (Å²) in [6, 6.07) is 4.02. The highest BCUT2D eigenvalue weighted by molar-refractivity contribution is 7.09. The number of hydrogen-bond acceptors (Lipinski definition) is 6. The number of methoxy groups -OCH3 is 1. The van der Waals surface area contributed by atoms with Crippen molar-refractivity contribution in [2.75, 3.05) is 45.2 Å². The predicted octanol–water partition coefficient (Wildman–Crippen LogP) is 3.75. The second-order valence-corrected chi connectivity index (χ2v) is 7.88. The number of carbonyl (C=O) groups is 1. The van der Waals surface area contributed by atoms with E-state index in [0.29, 0.717) is 31.9 Å². The van der Waals surface area contributed by atoms with Gasteiger partial charge in [0.1, 0.15) is 0 Å². The second kappa shape index (κ2) is 9.52. The molecule has 0 spiro atoms. The Morgan fingerprint density at radius 3 is 2.57 bits per heavy atom. The van der Waals surface area contributed by atoms with Crippen LogP contribution in [-0.2, 0) is 6.54 Å². The third kappa shape index (κ3) is 6.23. The van der Waals surface area contributed by atoms with Crippen LogP contribution in [0.25, 0.3) is 0 Å². The zero-order valence-corrected chi connectivity index (χ0v) is 17.5. The molecule has 0 radical (unpaired) electrons. The molecule has 164 valence electrons. The summed E-state index contributed by atoms with van der Waals surface area (Å²) >= 11 is 1.61. The minimum Gasteiger partial charge on any atom is -0.493 e. The summed E-state index contributed by atoms with van der Waals surface area (Å²) in [5.41, 5.74) is 1.36. The lowest BCUT2D eigenvalue weighted by molar-refractivity contribution is -0.153. The number of amides is 2. The van der Waals surface area contributed by atoms with Crippen molar-refractivity contribution >= 4 is 23.1 Å². The van der Waals surface area contributed by atoms with Crippen LogP contribution in [0.1, 0.15) is 10.7 Å². The minimum atomic E-state index is -4.47. The molecule has 1 fully saturated rings. The number of hydrogen-bond donors (Lipinski definition) is 1. The highest BCUT2D eigenvalue weighted by Gasteiger charge is 2.29. The first-order valence-corrected chi connectivity index (χ1v) is 10.2. The number of benzene rings is 1. The van der Waals surface area contributed by atoms with Crippen LogP contribution in [0.5, 0.6) is 11.5 Å². The van der Waals surface area contributed by atoms with Gasteiger partial charge in [-0.1, -0.05) is 0 Å². The van der Waals surface area contributed by atoms with Crippen LogP contribution in [0.2, 0.25) is 0 Å². The van der Waals surface area contributed by atoms with E-state index < -0.39 is 12.8 Å². The molecule has 3 rings (SSSR count). The van der Waals surface area contributed by atoms with Crippen molar-refractivity contribution in [3.8, 4) is 11.5 Å². The average Bonchev–Trinajstić information content (AvgIpc) is 3.11. The van der Waals surface area contributed by atoms with Gasteiger partial charge >= 0.3 is 12.2 Å². The van der Waals surface area contributed by atoms with Crippen molar-refractivity contribution in [3.63, 3.8) is 0 Å². The fraction of sp³-hybridized carbons (Fsp3) is 0.474. The number of piperazine rings is 1. The lowest BCUT2D eigenvalue weighted by Gasteiger charge is -2.34. The molecule has 0 bridgehead atoms. The van der Waals surface area contributed by atoms with E-state index >= 15 is 0 Å². The first-order valence-electron chi connectivity index (χ1n) is 9.30. The molecule has 30 heavy (non-hydrogen) atoms. The van der Waals surface area contributed by atoms with Gasteiger partial charge in [-0.15, -0.1) is 11.3 Å². The topological polar surface area (TPSA) is 66.9 Å². The van der Waals surface area contributed by atoms with E-state index in [1.165, 1.54) is 19.2 Å². The third-order valence-corrected chi connectivity index (χ3v) is 5.34. The van der Waals surface area contributed by atoms with E-state index in [0.717, 1.165) is 17.2 Å². The van der Waals surface area contributed by atoms with Crippen molar-refractivity contribution in [2.24, 2.45) is 0 Å². The van der Waals surface area contributed by atoms with E-state index in [9.17, 15) is 18.0 Å². The molecular formula is C19H23F3N4O3S. The fourth-order valence-electron chi connectivity index (χ4n) is 3.05. The smallest absolute Gasteiger partial charge is 0.422 e. The molecule has 2 heterocycles. The Morgan fingerprint density at radius 2 is 1.97 bits per heavy atom. The molecule has 11 heteroatoms. The van der Waals surface area contributed by atoms with Crippen LogP contribution < -0.4 is 14.8 Å². The molecule has 2 aromatic rings. The Balaban J connectivity index is 1.54. The Hall–Kier alpha value is -2.53. The summed E-state index contributed by atoms with van der Waals surface area (Å²) in [5, 5.41) is 5.78. The van der Waals surface area contributed by atoms with Crippen molar-refractivity contribution < 1.29 is 27.4 Å². The van der Waals surface area contributed by atoms with Gasteiger partial charge in [0.15, 0.2) is 18.1 Å². The van der Waals surface area contributed by atoms with Crippen LogP contribution in [0.15, 0.2) is 23.6 Å².